The van der Waals surface area contributed by atoms with Crippen molar-refractivity contribution in [3.05, 3.63) is 35.4 Å². The molecule has 0 radical (unpaired) electrons. The molecule has 17 heavy (non-hydrogen) atoms. The third kappa shape index (κ3) is 4.79. The van der Waals surface area contributed by atoms with Crippen LogP contribution in [0.4, 0.5) is 8.78 Å². The van der Waals surface area contributed by atoms with Gasteiger partial charge < -0.3 is 10.2 Å². The Hall–Kier alpha value is -1.00. The maximum absolute atomic E-state index is 12.4. The highest BCUT2D eigenvalue weighted by Gasteiger charge is 2.13. The van der Waals surface area contributed by atoms with Gasteiger partial charge in [0, 0.05) is 13.1 Å². The molecule has 2 nitrogen and oxygen atoms in total. The fourth-order valence-electron chi connectivity index (χ4n) is 1.58. The van der Waals surface area contributed by atoms with Gasteiger partial charge in [0.1, 0.15) is 0 Å². The van der Waals surface area contributed by atoms with Crippen LogP contribution in [0.3, 0.4) is 0 Å². The number of halogens is 2. The lowest BCUT2D eigenvalue weighted by molar-refractivity contribution is 0.105. The van der Waals surface area contributed by atoms with Crippen molar-refractivity contribution in [1.82, 2.24) is 10.2 Å². The first-order valence-electron chi connectivity index (χ1n) is 5.73. The molecule has 0 aliphatic carbocycles. The highest BCUT2D eigenvalue weighted by atomic mass is 19.3. The molecular formula is C13H20F2N2. The van der Waals surface area contributed by atoms with Crippen molar-refractivity contribution >= 4 is 0 Å². The third-order valence-electron chi connectivity index (χ3n) is 2.60. The van der Waals surface area contributed by atoms with Crippen molar-refractivity contribution in [1.29, 1.82) is 0 Å². The molecule has 0 saturated carbocycles. The van der Waals surface area contributed by atoms with Crippen LogP contribution in [0.25, 0.3) is 0 Å². The molecule has 0 fully saturated rings. The second-order valence-corrected chi connectivity index (χ2v) is 4.51. The van der Waals surface area contributed by atoms with Crippen LogP contribution in [-0.4, -0.2) is 31.5 Å². The molecule has 0 bridgehead atoms. The Morgan fingerprint density at radius 2 is 1.76 bits per heavy atom. The van der Waals surface area contributed by atoms with E-state index in [2.05, 4.69) is 10.2 Å². The van der Waals surface area contributed by atoms with E-state index in [1.165, 1.54) is 12.5 Å². The summed E-state index contributed by atoms with van der Waals surface area (Å²) >= 11 is 0. The Balaban J connectivity index is 2.63. The number of nitrogens with zero attached hydrogens (tertiary/aromatic N) is 1. The van der Waals surface area contributed by atoms with E-state index in [9.17, 15) is 8.78 Å². The number of alkyl halides is 2. The molecule has 1 N–H and O–H groups in total. The molecule has 96 valence electrons. The summed E-state index contributed by atoms with van der Waals surface area (Å²) < 4.78 is 24.7. The molecule has 0 aliphatic rings. The fraction of sp³-hybridized carbons (Fsp3) is 0.538. The van der Waals surface area contributed by atoms with Gasteiger partial charge in [-0.05, 0) is 32.1 Å². The summed E-state index contributed by atoms with van der Waals surface area (Å²) in [6, 6.07) is 7.14. The van der Waals surface area contributed by atoms with Gasteiger partial charge in [-0.3, -0.25) is 0 Å². The predicted molar refractivity (Wildman–Crippen MR) is 66.1 cm³/mol. The minimum absolute atomic E-state index is 0.482. The van der Waals surface area contributed by atoms with E-state index in [4.69, 9.17) is 0 Å². The van der Waals surface area contributed by atoms with Crippen molar-refractivity contribution in [2.75, 3.05) is 14.1 Å². The maximum Gasteiger partial charge on any atom is 0.253 e. The van der Waals surface area contributed by atoms with E-state index in [0.717, 1.165) is 12.1 Å². The standard InChI is InChI=1S/C13H20F2N2/c1-10(13(14)15)16-8-11-6-4-5-7-12(11)9-17(2)3/h4-7,10,13,16H,8-9H2,1-3H3. The molecule has 0 saturated heterocycles. The Morgan fingerprint density at radius 3 is 2.29 bits per heavy atom. The average molecular weight is 242 g/mol. The lowest BCUT2D eigenvalue weighted by atomic mass is 10.1. The van der Waals surface area contributed by atoms with Crippen LogP contribution in [0.15, 0.2) is 24.3 Å². The smallest absolute Gasteiger partial charge is 0.253 e. The fourth-order valence-corrected chi connectivity index (χ4v) is 1.58. The summed E-state index contributed by atoms with van der Waals surface area (Å²) in [6.45, 7) is 2.80. The molecule has 1 aromatic carbocycles. The van der Waals surface area contributed by atoms with E-state index in [0.29, 0.717) is 6.54 Å². The summed E-state index contributed by atoms with van der Waals surface area (Å²) in [4.78, 5) is 2.06. The van der Waals surface area contributed by atoms with Crippen LogP contribution in [0, 0.1) is 0 Å². The van der Waals surface area contributed by atoms with Gasteiger partial charge in [0.05, 0.1) is 6.04 Å². The molecule has 0 heterocycles. The molecule has 1 rings (SSSR count). The monoisotopic (exact) mass is 242 g/mol. The van der Waals surface area contributed by atoms with E-state index < -0.39 is 12.5 Å². The Kier molecular flexibility index (Phi) is 5.51. The molecular weight excluding hydrogens is 222 g/mol. The highest BCUT2D eigenvalue weighted by molar-refractivity contribution is 5.26. The quantitative estimate of drug-likeness (QED) is 0.824. The summed E-state index contributed by atoms with van der Waals surface area (Å²) in [5.74, 6) is 0. The van der Waals surface area contributed by atoms with Crippen LogP contribution in [0.1, 0.15) is 18.1 Å². The number of hydrogen-bond acceptors (Lipinski definition) is 2. The highest BCUT2D eigenvalue weighted by Crippen LogP contribution is 2.11. The largest absolute Gasteiger partial charge is 0.305 e. The third-order valence-corrected chi connectivity index (χ3v) is 2.60. The van der Waals surface area contributed by atoms with Crippen LogP contribution >= 0.6 is 0 Å². The average Bonchev–Trinajstić information content (AvgIpc) is 2.26. The molecule has 1 atom stereocenters. The van der Waals surface area contributed by atoms with Crippen molar-refractivity contribution in [3.63, 3.8) is 0 Å². The number of benzene rings is 1. The van der Waals surface area contributed by atoms with Gasteiger partial charge in [-0.15, -0.1) is 0 Å². The van der Waals surface area contributed by atoms with Crippen molar-refractivity contribution in [3.8, 4) is 0 Å². The summed E-state index contributed by atoms with van der Waals surface area (Å²) in [5, 5.41) is 2.84. The van der Waals surface area contributed by atoms with Crippen molar-refractivity contribution in [2.24, 2.45) is 0 Å². The lowest BCUT2D eigenvalue weighted by Gasteiger charge is -2.17. The van der Waals surface area contributed by atoms with Crippen molar-refractivity contribution < 1.29 is 8.78 Å². The molecule has 0 spiro atoms. The van der Waals surface area contributed by atoms with Gasteiger partial charge in [0.15, 0.2) is 0 Å². The minimum atomic E-state index is -2.32. The van der Waals surface area contributed by atoms with Crippen LogP contribution in [0.5, 0.6) is 0 Å². The topological polar surface area (TPSA) is 15.3 Å². The van der Waals surface area contributed by atoms with Gasteiger partial charge in [-0.25, -0.2) is 8.78 Å². The van der Waals surface area contributed by atoms with E-state index >= 15 is 0 Å². The lowest BCUT2D eigenvalue weighted by Crippen LogP contribution is -2.32. The SMILES string of the molecule is CC(NCc1ccccc1CN(C)C)C(F)F. The first kappa shape index (κ1) is 14.1. The zero-order valence-electron chi connectivity index (χ0n) is 10.6. The van der Waals surface area contributed by atoms with Gasteiger partial charge in [-0.1, -0.05) is 24.3 Å². The van der Waals surface area contributed by atoms with E-state index in [1.54, 1.807) is 0 Å². The van der Waals surface area contributed by atoms with Gasteiger partial charge >= 0.3 is 0 Å². The zero-order chi connectivity index (χ0) is 12.8. The molecule has 0 aliphatic heterocycles. The van der Waals surface area contributed by atoms with Gasteiger partial charge in [-0.2, -0.15) is 0 Å². The molecule has 0 amide bonds. The summed E-state index contributed by atoms with van der Waals surface area (Å²) in [5.41, 5.74) is 2.25. The molecule has 1 aromatic rings. The second kappa shape index (κ2) is 6.67. The number of rotatable bonds is 6. The van der Waals surface area contributed by atoms with E-state index in [1.807, 2.05) is 38.4 Å². The van der Waals surface area contributed by atoms with Gasteiger partial charge in [0.25, 0.3) is 6.43 Å². The molecule has 1 unspecified atom stereocenters. The van der Waals surface area contributed by atoms with Crippen LogP contribution in [-0.2, 0) is 13.1 Å². The first-order chi connectivity index (χ1) is 8.00. The minimum Gasteiger partial charge on any atom is -0.305 e. The van der Waals surface area contributed by atoms with Crippen LogP contribution < -0.4 is 5.32 Å². The predicted octanol–water partition coefficient (Wildman–Crippen LogP) is 2.49. The van der Waals surface area contributed by atoms with Crippen LogP contribution in [0.2, 0.25) is 0 Å². The maximum atomic E-state index is 12.4. The Bertz CT molecular complexity index is 340. The molecule has 4 heteroatoms. The van der Waals surface area contributed by atoms with Gasteiger partial charge in [0.2, 0.25) is 0 Å². The zero-order valence-corrected chi connectivity index (χ0v) is 10.6. The van der Waals surface area contributed by atoms with E-state index in [-0.39, 0.29) is 0 Å². The number of hydrogen-bond donors (Lipinski definition) is 1. The second-order valence-electron chi connectivity index (χ2n) is 4.51. The molecule has 0 aromatic heterocycles. The summed E-state index contributed by atoms with van der Waals surface area (Å²) in [6.07, 6.45) is -2.32. The van der Waals surface area contributed by atoms with Crippen molar-refractivity contribution in [2.45, 2.75) is 32.5 Å². The Labute approximate surface area is 102 Å². The number of nitrogens with one attached hydrogen (secondary N) is 1. The normalized spacial score (nSPS) is 13.4. The summed E-state index contributed by atoms with van der Waals surface area (Å²) in [7, 11) is 3.98. The Morgan fingerprint density at radius 1 is 1.18 bits per heavy atom. The first-order valence-corrected chi connectivity index (χ1v) is 5.73.